The van der Waals surface area contributed by atoms with Crippen molar-refractivity contribution in [2.24, 2.45) is 5.73 Å². The summed E-state index contributed by atoms with van der Waals surface area (Å²) in [5.41, 5.74) is 7.08. The minimum Gasteiger partial charge on any atom is -0.496 e. The monoisotopic (exact) mass is 305 g/mol. The number of para-hydroxylation sites is 1. The molecule has 1 heterocycles. The Morgan fingerprint density at radius 2 is 2.10 bits per heavy atom. The van der Waals surface area contributed by atoms with Crippen molar-refractivity contribution >= 4 is 17.2 Å². The average molecular weight is 305 g/mol. The number of rotatable bonds is 5. The molecular weight excluding hydrogens is 286 g/mol. The van der Waals surface area contributed by atoms with Gasteiger partial charge in [0.25, 0.3) is 5.91 Å². The van der Waals surface area contributed by atoms with Gasteiger partial charge in [0.05, 0.1) is 19.2 Å². The Hall–Kier alpha value is -1.92. The smallest absolute Gasteiger partial charge is 0.271 e. The number of benzene rings is 1. The minimum atomic E-state index is -0.212. The number of nitrogens with one attached hydrogen (secondary N) is 1. The van der Waals surface area contributed by atoms with Gasteiger partial charge in [-0.15, -0.1) is 11.3 Å². The summed E-state index contributed by atoms with van der Waals surface area (Å²) in [6, 6.07) is 7.27. The van der Waals surface area contributed by atoms with Gasteiger partial charge in [0, 0.05) is 10.9 Å². The first kappa shape index (κ1) is 15.5. The highest BCUT2D eigenvalue weighted by molar-refractivity contribution is 7.09. The molecule has 112 valence electrons. The highest BCUT2D eigenvalue weighted by Crippen LogP contribution is 2.24. The number of thiazole rings is 1. The lowest BCUT2D eigenvalue weighted by atomic mass is 10.1. The Bertz CT molecular complexity index is 625. The largest absolute Gasteiger partial charge is 0.496 e. The second-order valence-corrected chi connectivity index (χ2v) is 5.69. The van der Waals surface area contributed by atoms with E-state index in [0.29, 0.717) is 5.69 Å². The maximum Gasteiger partial charge on any atom is 0.271 e. The first-order chi connectivity index (χ1) is 10.0. The lowest BCUT2D eigenvalue weighted by molar-refractivity contribution is 0.0935. The molecule has 21 heavy (non-hydrogen) atoms. The third kappa shape index (κ3) is 3.59. The zero-order valence-electron chi connectivity index (χ0n) is 12.3. The number of carbonyl (C=O) groups is 1. The molecule has 1 amide bonds. The summed E-state index contributed by atoms with van der Waals surface area (Å²) in [4.78, 5) is 16.5. The summed E-state index contributed by atoms with van der Waals surface area (Å²) in [5.74, 6) is 0.538. The van der Waals surface area contributed by atoms with Crippen LogP contribution in [0.5, 0.6) is 5.75 Å². The lowest BCUT2D eigenvalue weighted by Gasteiger charge is -2.16. The fourth-order valence-corrected chi connectivity index (χ4v) is 2.73. The first-order valence-corrected chi connectivity index (χ1v) is 7.55. The first-order valence-electron chi connectivity index (χ1n) is 6.67. The normalized spacial score (nSPS) is 13.5. The van der Waals surface area contributed by atoms with Crippen molar-refractivity contribution in [2.75, 3.05) is 7.11 Å². The van der Waals surface area contributed by atoms with Crippen molar-refractivity contribution in [3.8, 4) is 5.75 Å². The zero-order valence-corrected chi connectivity index (χ0v) is 13.1. The van der Waals surface area contributed by atoms with E-state index in [1.54, 1.807) is 12.5 Å². The van der Waals surface area contributed by atoms with Gasteiger partial charge in [0.2, 0.25) is 0 Å². The van der Waals surface area contributed by atoms with Gasteiger partial charge in [-0.3, -0.25) is 4.79 Å². The molecule has 0 aliphatic heterocycles. The number of hydrogen-bond donors (Lipinski definition) is 2. The summed E-state index contributed by atoms with van der Waals surface area (Å²) in [7, 11) is 1.61. The summed E-state index contributed by atoms with van der Waals surface area (Å²) in [6.45, 7) is 3.76. The number of amides is 1. The second kappa shape index (κ2) is 6.69. The van der Waals surface area contributed by atoms with Crippen molar-refractivity contribution in [2.45, 2.75) is 25.9 Å². The number of nitrogens with two attached hydrogens (primary N) is 1. The van der Waals surface area contributed by atoms with Gasteiger partial charge in [0.15, 0.2) is 0 Å². The van der Waals surface area contributed by atoms with Crippen LogP contribution in [-0.4, -0.2) is 18.0 Å². The van der Waals surface area contributed by atoms with Crippen LogP contribution in [0.4, 0.5) is 0 Å². The molecule has 0 aliphatic carbocycles. The van der Waals surface area contributed by atoms with Crippen LogP contribution in [0, 0.1) is 0 Å². The minimum absolute atomic E-state index is 0.164. The van der Waals surface area contributed by atoms with Gasteiger partial charge < -0.3 is 15.8 Å². The molecule has 2 rings (SSSR count). The van der Waals surface area contributed by atoms with E-state index in [0.717, 1.165) is 16.3 Å². The predicted molar refractivity (Wildman–Crippen MR) is 83.6 cm³/mol. The molecule has 5 nitrogen and oxygen atoms in total. The SMILES string of the molecule is COc1ccccc1[C@@H](C)NC(=O)c1csc(C(C)N)n1. The van der Waals surface area contributed by atoms with E-state index in [4.69, 9.17) is 10.5 Å². The Kier molecular flexibility index (Phi) is 4.93. The van der Waals surface area contributed by atoms with E-state index < -0.39 is 0 Å². The fourth-order valence-electron chi connectivity index (χ4n) is 1.97. The molecule has 0 radical (unpaired) electrons. The summed E-state index contributed by atoms with van der Waals surface area (Å²) >= 11 is 1.39. The number of aromatic nitrogens is 1. The predicted octanol–water partition coefficient (Wildman–Crippen LogP) is 2.66. The number of carbonyl (C=O) groups excluding carboxylic acids is 1. The van der Waals surface area contributed by atoms with Gasteiger partial charge >= 0.3 is 0 Å². The molecule has 0 saturated heterocycles. The van der Waals surface area contributed by atoms with Gasteiger partial charge in [-0.1, -0.05) is 18.2 Å². The highest BCUT2D eigenvalue weighted by atomic mass is 32.1. The molecule has 1 aromatic carbocycles. The molecule has 0 aliphatic rings. The molecular formula is C15H19N3O2S. The summed E-state index contributed by atoms with van der Waals surface area (Å²) < 4.78 is 5.31. The summed E-state index contributed by atoms with van der Waals surface area (Å²) in [6.07, 6.45) is 0. The molecule has 0 saturated carbocycles. The van der Waals surface area contributed by atoms with Gasteiger partial charge in [-0.25, -0.2) is 4.98 Å². The van der Waals surface area contributed by atoms with Crippen LogP contribution >= 0.6 is 11.3 Å². The molecule has 2 aromatic rings. The van der Waals surface area contributed by atoms with Crippen molar-refractivity contribution in [3.63, 3.8) is 0 Å². The van der Waals surface area contributed by atoms with Crippen LogP contribution in [0.1, 0.15) is 47.0 Å². The zero-order chi connectivity index (χ0) is 15.4. The number of methoxy groups -OCH3 is 1. The van der Waals surface area contributed by atoms with Crippen molar-refractivity contribution in [1.82, 2.24) is 10.3 Å². The van der Waals surface area contributed by atoms with Crippen LogP contribution < -0.4 is 15.8 Å². The maximum atomic E-state index is 12.2. The van der Waals surface area contributed by atoms with Gasteiger partial charge in [-0.2, -0.15) is 0 Å². The Balaban J connectivity index is 2.11. The van der Waals surface area contributed by atoms with Crippen LogP contribution in [0.3, 0.4) is 0 Å². The molecule has 0 bridgehead atoms. The second-order valence-electron chi connectivity index (χ2n) is 4.80. The number of ether oxygens (including phenoxy) is 1. The van der Waals surface area contributed by atoms with E-state index in [1.165, 1.54) is 11.3 Å². The Morgan fingerprint density at radius 1 is 1.38 bits per heavy atom. The Labute approximate surface area is 128 Å². The molecule has 1 aromatic heterocycles. The lowest BCUT2D eigenvalue weighted by Crippen LogP contribution is -2.27. The summed E-state index contributed by atoms with van der Waals surface area (Å²) in [5, 5.41) is 5.40. The third-order valence-electron chi connectivity index (χ3n) is 3.10. The maximum absolute atomic E-state index is 12.2. The Morgan fingerprint density at radius 3 is 2.71 bits per heavy atom. The standard InChI is InChI=1S/C15H19N3O2S/c1-9(16)15-18-12(8-21-15)14(19)17-10(2)11-6-4-5-7-13(11)20-3/h4-10H,16H2,1-3H3,(H,17,19)/t9?,10-/m1/s1. The van der Waals surface area contributed by atoms with Crippen molar-refractivity contribution < 1.29 is 9.53 Å². The molecule has 2 atom stereocenters. The van der Waals surface area contributed by atoms with E-state index in [9.17, 15) is 4.79 Å². The van der Waals surface area contributed by atoms with Gasteiger partial charge in [0.1, 0.15) is 16.5 Å². The van der Waals surface area contributed by atoms with Crippen molar-refractivity contribution in [3.05, 3.63) is 45.9 Å². The molecule has 1 unspecified atom stereocenters. The van der Waals surface area contributed by atoms with E-state index >= 15 is 0 Å². The number of hydrogen-bond acceptors (Lipinski definition) is 5. The fraction of sp³-hybridized carbons (Fsp3) is 0.333. The average Bonchev–Trinajstić information content (AvgIpc) is 2.97. The highest BCUT2D eigenvalue weighted by Gasteiger charge is 2.17. The molecule has 6 heteroatoms. The van der Waals surface area contributed by atoms with E-state index in [1.807, 2.05) is 38.1 Å². The quantitative estimate of drug-likeness (QED) is 0.890. The van der Waals surface area contributed by atoms with Crippen LogP contribution in [0.15, 0.2) is 29.6 Å². The molecule has 0 spiro atoms. The third-order valence-corrected chi connectivity index (χ3v) is 4.14. The van der Waals surface area contributed by atoms with E-state index in [-0.39, 0.29) is 18.0 Å². The van der Waals surface area contributed by atoms with Crippen LogP contribution in [-0.2, 0) is 0 Å². The van der Waals surface area contributed by atoms with E-state index in [2.05, 4.69) is 10.3 Å². The molecule has 0 fully saturated rings. The van der Waals surface area contributed by atoms with Crippen LogP contribution in [0.2, 0.25) is 0 Å². The van der Waals surface area contributed by atoms with Gasteiger partial charge in [-0.05, 0) is 19.9 Å². The number of nitrogens with zero attached hydrogens (tertiary/aromatic N) is 1. The topological polar surface area (TPSA) is 77.2 Å². The van der Waals surface area contributed by atoms with Crippen LogP contribution in [0.25, 0.3) is 0 Å². The van der Waals surface area contributed by atoms with Crippen molar-refractivity contribution in [1.29, 1.82) is 0 Å². The molecule has 3 N–H and O–H groups in total.